The minimum absolute atomic E-state index is 0.129. The lowest BCUT2D eigenvalue weighted by Gasteiger charge is -2.03. The molecule has 0 N–H and O–H groups in total. The molecule has 3 aromatic rings. The number of benzene rings is 1. The maximum Gasteiger partial charge on any atom is 0.212 e. The molecule has 0 spiro atoms. The van der Waals surface area contributed by atoms with Crippen molar-refractivity contribution in [3.05, 3.63) is 65.9 Å². The minimum atomic E-state index is -0.129. The van der Waals surface area contributed by atoms with Crippen molar-refractivity contribution < 1.29 is 4.79 Å². The van der Waals surface area contributed by atoms with Crippen LogP contribution in [0.4, 0.5) is 0 Å². The van der Waals surface area contributed by atoms with Crippen molar-refractivity contribution in [1.29, 1.82) is 0 Å². The normalized spacial score (nSPS) is 10.6. The Balaban J connectivity index is 2.07. The Bertz CT molecular complexity index is 754. The van der Waals surface area contributed by atoms with E-state index in [1.165, 1.54) is 12.4 Å². The molecule has 0 atom stereocenters. The highest BCUT2D eigenvalue weighted by Gasteiger charge is 2.11. The van der Waals surface area contributed by atoms with Crippen LogP contribution < -0.4 is 0 Å². The lowest BCUT2D eigenvalue weighted by atomic mass is 10.1. The zero-order chi connectivity index (χ0) is 13.2. The third kappa shape index (κ3) is 2.20. The van der Waals surface area contributed by atoms with Gasteiger partial charge in [0.25, 0.3) is 0 Å². The van der Waals surface area contributed by atoms with Crippen LogP contribution in [0.5, 0.6) is 0 Å². The molecule has 0 unspecified atom stereocenters. The Morgan fingerprint density at radius 1 is 1.11 bits per heavy atom. The van der Waals surface area contributed by atoms with Gasteiger partial charge >= 0.3 is 0 Å². The number of hydrogen-bond acceptors (Lipinski definition) is 4. The molecule has 1 aromatic carbocycles. The van der Waals surface area contributed by atoms with Crippen LogP contribution in [0.1, 0.15) is 21.7 Å². The summed E-state index contributed by atoms with van der Waals surface area (Å²) in [4.78, 5) is 24.6. The van der Waals surface area contributed by atoms with E-state index in [2.05, 4.69) is 15.0 Å². The molecule has 0 fully saturated rings. The molecule has 0 saturated carbocycles. The standard InChI is InChI=1S/C15H11N3O/c1-10-2-3-11-8-12(4-5-13(11)18-10)15(19)14-9-16-6-7-17-14/h2-9H,1H3. The first-order valence-corrected chi connectivity index (χ1v) is 5.92. The van der Waals surface area contributed by atoms with Crippen LogP contribution in [-0.4, -0.2) is 20.7 Å². The Labute approximate surface area is 110 Å². The highest BCUT2D eigenvalue weighted by molar-refractivity contribution is 6.09. The second-order valence-corrected chi connectivity index (χ2v) is 4.28. The largest absolute Gasteiger partial charge is 0.287 e. The average Bonchev–Trinajstić information content (AvgIpc) is 2.47. The topological polar surface area (TPSA) is 55.7 Å². The van der Waals surface area contributed by atoms with E-state index in [1.807, 2.05) is 31.2 Å². The summed E-state index contributed by atoms with van der Waals surface area (Å²) >= 11 is 0. The number of pyridine rings is 1. The van der Waals surface area contributed by atoms with Gasteiger partial charge in [-0.25, -0.2) is 4.98 Å². The second-order valence-electron chi connectivity index (χ2n) is 4.28. The first kappa shape index (κ1) is 11.5. The Kier molecular flexibility index (Phi) is 2.76. The van der Waals surface area contributed by atoms with Gasteiger partial charge < -0.3 is 0 Å². The number of carbonyl (C=O) groups excluding carboxylic acids is 1. The molecular formula is C15H11N3O. The number of hydrogen-bond donors (Lipinski definition) is 0. The van der Waals surface area contributed by atoms with Crippen molar-refractivity contribution in [2.24, 2.45) is 0 Å². The fourth-order valence-electron chi connectivity index (χ4n) is 1.93. The van der Waals surface area contributed by atoms with Gasteiger partial charge in [-0.3, -0.25) is 14.8 Å². The van der Waals surface area contributed by atoms with Crippen molar-refractivity contribution in [3.63, 3.8) is 0 Å². The van der Waals surface area contributed by atoms with Crippen molar-refractivity contribution in [2.75, 3.05) is 0 Å². The summed E-state index contributed by atoms with van der Waals surface area (Å²) in [6, 6.07) is 9.35. The van der Waals surface area contributed by atoms with Gasteiger partial charge in [-0.15, -0.1) is 0 Å². The number of rotatable bonds is 2. The number of aryl methyl sites for hydroxylation is 1. The molecule has 0 bridgehead atoms. The van der Waals surface area contributed by atoms with Crippen LogP contribution in [0.25, 0.3) is 10.9 Å². The molecule has 0 aliphatic heterocycles. The number of aromatic nitrogens is 3. The van der Waals surface area contributed by atoms with E-state index in [-0.39, 0.29) is 5.78 Å². The van der Waals surface area contributed by atoms with Gasteiger partial charge in [0, 0.05) is 29.0 Å². The van der Waals surface area contributed by atoms with Crippen molar-refractivity contribution >= 4 is 16.7 Å². The summed E-state index contributed by atoms with van der Waals surface area (Å²) < 4.78 is 0. The molecule has 19 heavy (non-hydrogen) atoms. The van der Waals surface area contributed by atoms with E-state index in [1.54, 1.807) is 12.3 Å². The molecule has 3 rings (SSSR count). The fraction of sp³-hybridized carbons (Fsp3) is 0.0667. The monoisotopic (exact) mass is 249 g/mol. The van der Waals surface area contributed by atoms with E-state index >= 15 is 0 Å². The molecule has 4 nitrogen and oxygen atoms in total. The lowest BCUT2D eigenvalue weighted by Crippen LogP contribution is -2.04. The molecular weight excluding hydrogens is 238 g/mol. The number of carbonyl (C=O) groups is 1. The van der Waals surface area contributed by atoms with Crippen molar-refractivity contribution in [1.82, 2.24) is 15.0 Å². The first-order chi connectivity index (χ1) is 9.24. The molecule has 0 aliphatic rings. The fourth-order valence-corrected chi connectivity index (χ4v) is 1.93. The SMILES string of the molecule is Cc1ccc2cc(C(=O)c3cnccn3)ccc2n1. The van der Waals surface area contributed by atoms with E-state index in [4.69, 9.17) is 0 Å². The highest BCUT2D eigenvalue weighted by atomic mass is 16.1. The van der Waals surface area contributed by atoms with Crippen LogP contribution >= 0.6 is 0 Å². The number of nitrogens with zero attached hydrogens (tertiary/aromatic N) is 3. The molecule has 4 heteroatoms. The quantitative estimate of drug-likeness (QED) is 0.655. The van der Waals surface area contributed by atoms with E-state index < -0.39 is 0 Å². The summed E-state index contributed by atoms with van der Waals surface area (Å²) in [5, 5.41) is 0.945. The molecule has 0 aliphatic carbocycles. The van der Waals surface area contributed by atoms with Gasteiger partial charge in [0.05, 0.1) is 11.7 Å². The molecule has 0 amide bonds. The summed E-state index contributed by atoms with van der Waals surface area (Å²) in [5.41, 5.74) is 2.79. The van der Waals surface area contributed by atoms with Crippen LogP contribution in [0.3, 0.4) is 0 Å². The van der Waals surface area contributed by atoms with Crippen LogP contribution in [0, 0.1) is 6.92 Å². The highest BCUT2D eigenvalue weighted by Crippen LogP contribution is 2.16. The van der Waals surface area contributed by atoms with Crippen LogP contribution in [0.2, 0.25) is 0 Å². The predicted molar refractivity (Wildman–Crippen MR) is 71.9 cm³/mol. The lowest BCUT2D eigenvalue weighted by molar-refractivity contribution is 0.103. The van der Waals surface area contributed by atoms with Gasteiger partial charge in [-0.2, -0.15) is 0 Å². The van der Waals surface area contributed by atoms with Crippen LogP contribution in [-0.2, 0) is 0 Å². The number of ketones is 1. The van der Waals surface area contributed by atoms with E-state index in [9.17, 15) is 4.79 Å². The van der Waals surface area contributed by atoms with Crippen molar-refractivity contribution in [2.45, 2.75) is 6.92 Å². The van der Waals surface area contributed by atoms with E-state index in [0.717, 1.165) is 16.6 Å². The zero-order valence-corrected chi connectivity index (χ0v) is 10.4. The second kappa shape index (κ2) is 4.57. The summed E-state index contributed by atoms with van der Waals surface area (Å²) in [6.45, 7) is 1.94. The molecule has 0 saturated heterocycles. The zero-order valence-electron chi connectivity index (χ0n) is 10.4. The van der Waals surface area contributed by atoms with Gasteiger partial charge in [0.15, 0.2) is 0 Å². The van der Waals surface area contributed by atoms with Gasteiger partial charge in [-0.1, -0.05) is 6.07 Å². The Morgan fingerprint density at radius 2 is 2.00 bits per heavy atom. The Hall–Kier alpha value is -2.62. The summed E-state index contributed by atoms with van der Waals surface area (Å²) in [6.07, 6.45) is 4.53. The third-order valence-electron chi connectivity index (χ3n) is 2.89. The molecule has 92 valence electrons. The molecule has 2 heterocycles. The van der Waals surface area contributed by atoms with E-state index in [0.29, 0.717) is 11.3 Å². The maximum absolute atomic E-state index is 12.2. The average molecular weight is 249 g/mol. The summed E-state index contributed by atoms with van der Waals surface area (Å²) in [5.74, 6) is -0.129. The van der Waals surface area contributed by atoms with Crippen LogP contribution in [0.15, 0.2) is 48.9 Å². The third-order valence-corrected chi connectivity index (χ3v) is 2.89. The molecule has 2 aromatic heterocycles. The van der Waals surface area contributed by atoms with Gasteiger partial charge in [0.2, 0.25) is 5.78 Å². The maximum atomic E-state index is 12.2. The first-order valence-electron chi connectivity index (χ1n) is 5.92. The Morgan fingerprint density at radius 3 is 2.79 bits per heavy atom. The van der Waals surface area contributed by atoms with Gasteiger partial charge in [-0.05, 0) is 31.2 Å². The molecule has 0 radical (unpaired) electrons. The van der Waals surface area contributed by atoms with Crippen molar-refractivity contribution in [3.8, 4) is 0 Å². The predicted octanol–water partition coefficient (Wildman–Crippen LogP) is 2.56. The smallest absolute Gasteiger partial charge is 0.212 e. The number of fused-ring (bicyclic) bond motifs is 1. The minimum Gasteiger partial charge on any atom is -0.287 e. The van der Waals surface area contributed by atoms with Gasteiger partial charge in [0.1, 0.15) is 5.69 Å². The summed E-state index contributed by atoms with van der Waals surface area (Å²) in [7, 11) is 0.